The van der Waals surface area contributed by atoms with E-state index >= 15 is 0 Å². The molecule has 0 aliphatic carbocycles. The van der Waals surface area contributed by atoms with E-state index in [-0.39, 0.29) is 6.10 Å². The Morgan fingerprint density at radius 2 is 2.11 bits per heavy atom. The molecule has 3 rings (SSSR count). The highest BCUT2D eigenvalue weighted by molar-refractivity contribution is 7.88. The highest BCUT2D eigenvalue weighted by Crippen LogP contribution is 2.22. The van der Waals surface area contributed by atoms with Crippen LogP contribution < -0.4 is 5.32 Å². The second-order valence-electron chi connectivity index (χ2n) is 7.55. The molecule has 0 radical (unpaired) electrons. The van der Waals surface area contributed by atoms with E-state index in [0.29, 0.717) is 25.6 Å². The SMILES string of the molecule is CCNC(=NCC1CCN(S(C)(=O)=O)CC1)N1CCOC(c2cnn(C)c2)C1. The van der Waals surface area contributed by atoms with Crippen molar-refractivity contribution in [2.75, 3.05) is 52.1 Å². The Hall–Kier alpha value is -1.65. The van der Waals surface area contributed by atoms with Crippen molar-refractivity contribution in [3.05, 3.63) is 18.0 Å². The van der Waals surface area contributed by atoms with Gasteiger partial charge in [0.25, 0.3) is 0 Å². The number of hydrogen-bond acceptors (Lipinski definition) is 5. The quantitative estimate of drug-likeness (QED) is 0.557. The van der Waals surface area contributed by atoms with Crippen molar-refractivity contribution in [3.8, 4) is 0 Å². The smallest absolute Gasteiger partial charge is 0.211 e. The standard InChI is InChI=1S/C18H32N6O3S/c1-4-19-18(20-11-15-5-7-24(8-6-15)28(3,25)26)23-9-10-27-17(14-23)16-12-21-22(2)13-16/h12-13,15,17H,4-11,14H2,1-3H3,(H,19,20). The summed E-state index contributed by atoms with van der Waals surface area (Å²) in [6.07, 6.45) is 6.84. The molecule has 28 heavy (non-hydrogen) atoms. The number of guanidine groups is 1. The Morgan fingerprint density at radius 3 is 2.71 bits per heavy atom. The lowest BCUT2D eigenvalue weighted by molar-refractivity contribution is -0.00807. The van der Waals surface area contributed by atoms with Gasteiger partial charge in [-0.3, -0.25) is 9.67 Å². The zero-order chi connectivity index (χ0) is 20.1. The molecule has 9 nitrogen and oxygen atoms in total. The van der Waals surface area contributed by atoms with Gasteiger partial charge in [0.05, 0.1) is 25.6 Å². The molecule has 0 saturated carbocycles. The second-order valence-corrected chi connectivity index (χ2v) is 9.54. The van der Waals surface area contributed by atoms with Gasteiger partial charge in [0.15, 0.2) is 5.96 Å². The first-order valence-electron chi connectivity index (χ1n) is 9.95. The maximum atomic E-state index is 11.7. The van der Waals surface area contributed by atoms with Gasteiger partial charge in [0.2, 0.25) is 10.0 Å². The normalized spacial score (nSPS) is 23.2. The first-order valence-corrected chi connectivity index (χ1v) is 11.8. The monoisotopic (exact) mass is 412 g/mol. The number of piperidine rings is 1. The molecule has 0 bridgehead atoms. The van der Waals surface area contributed by atoms with Crippen molar-refractivity contribution in [1.29, 1.82) is 0 Å². The topological polar surface area (TPSA) is 92.1 Å². The third-order valence-corrected chi connectivity index (χ3v) is 6.64. The predicted molar refractivity (Wildman–Crippen MR) is 109 cm³/mol. The average Bonchev–Trinajstić information content (AvgIpc) is 3.11. The van der Waals surface area contributed by atoms with E-state index in [0.717, 1.165) is 50.5 Å². The number of hydrogen-bond donors (Lipinski definition) is 1. The highest BCUT2D eigenvalue weighted by Gasteiger charge is 2.27. The van der Waals surface area contributed by atoms with Crippen molar-refractivity contribution >= 4 is 16.0 Å². The molecule has 158 valence electrons. The summed E-state index contributed by atoms with van der Waals surface area (Å²) in [5.74, 6) is 1.33. The Kier molecular flexibility index (Phi) is 6.95. The number of aryl methyl sites for hydroxylation is 1. The van der Waals surface area contributed by atoms with Crippen LogP contribution in [0, 0.1) is 5.92 Å². The maximum absolute atomic E-state index is 11.7. The van der Waals surface area contributed by atoms with E-state index in [2.05, 4.69) is 22.2 Å². The van der Waals surface area contributed by atoms with Gasteiger partial charge in [-0.15, -0.1) is 0 Å². The molecule has 0 amide bonds. The van der Waals surface area contributed by atoms with Crippen LogP contribution in [0.3, 0.4) is 0 Å². The van der Waals surface area contributed by atoms with Crippen molar-refractivity contribution in [3.63, 3.8) is 0 Å². The molecule has 1 atom stereocenters. The number of ether oxygens (including phenoxy) is 1. The Balaban J connectivity index is 1.59. The lowest BCUT2D eigenvalue weighted by atomic mass is 9.98. The number of rotatable bonds is 5. The molecule has 2 saturated heterocycles. The molecule has 0 aromatic carbocycles. The Morgan fingerprint density at radius 1 is 1.36 bits per heavy atom. The van der Waals surface area contributed by atoms with Gasteiger partial charge in [-0.05, 0) is 25.7 Å². The van der Waals surface area contributed by atoms with Crippen LogP contribution in [0.5, 0.6) is 0 Å². The summed E-state index contributed by atoms with van der Waals surface area (Å²) in [6.45, 7) is 6.97. The van der Waals surface area contributed by atoms with Crippen LogP contribution in [0.4, 0.5) is 0 Å². The van der Waals surface area contributed by atoms with E-state index in [1.54, 1.807) is 8.99 Å². The summed E-state index contributed by atoms with van der Waals surface area (Å²) in [5, 5.41) is 7.64. The van der Waals surface area contributed by atoms with Crippen molar-refractivity contribution in [1.82, 2.24) is 24.3 Å². The third-order valence-electron chi connectivity index (χ3n) is 5.34. The van der Waals surface area contributed by atoms with Gasteiger partial charge < -0.3 is 15.0 Å². The molecule has 2 aliphatic rings. The summed E-state index contributed by atoms with van der Waals surface area (Å²) >= 11 is 0. The lowest BCUT2D eigenvalue weighted by Crippen LogP contribution is -2.48. The summed E-state index contributed by atoms with van der Waals surface area (Å²) in [7, 11) is -1.17. The van der Waals surface area contributed by atoms with Crippen molar-refractivity contribution in [2.45, 2.75) is 25.9 Å². The maximum Gasteiger partial charge on any atom is 0.211 e. The fourth-order valence-electron chi connectivity index (χ4n) is 3.71. The van der Waals surface area contributed by atoms with Crippen LogP contribution in [-0.2, 0) is 21.8 Å². The Labute approximate surface area is 167 Å². The fraction of sp³-hybridized carbons (Fsp3) is 0.778. The highest BCUT2D eigenvalue weighted by atomic mass is 32.2. The molecule has 2 aliphatic heterocycles. The molecular weight excluding hydrogens is 380 g/mol. The second kappa shape index (κ2) is 9.23. The molecular formula is C18H32N6O3S. The summed E-state index contributed by atoms with van der Waals surface area (Å²) in [5.41, 5.74) is 1.08. The van der Waals surface area contributed by atoms with E-state index in [4.69, 9.17) is 9.73 Å². The number of aromatic nitrogens is 2. The fourth-order valence-corrected chi connectivity index (χ4v) is 4.59. The summed E-state index contributed by atoms with van der Waals surface area (Å²) in [4.78, 5) is 7.11. The molecule has 1 aromatic heterocycles. The summed E-state index contributed by atoms with van der Waals surface area (Å²) in [6, 6.07) is 0. The molecule has 1 aromatic rings. The average molecular weight is 413 g/mol. The van der Waals surface area contributed by atoms with Gasteiger partial charge in [0, 0.05) is 51.5 Å². The zero-order valence-electron chi connectivity index (χ0n) is 17.0. The van der Waals surface area contributed by atoms with E-state index in [1.165, 1.54) is 6.26 Å². The first-order chi connectivity index (χ1) is 13.4. The minimum absolute atomic E-state index is 0.00990. The predicted octanol–water partition coefficient (Wildman–Crippen LogP) is 0.431. The van der Waals surface area contributed by atoms with Crippen LogP contribution in [0.25, 0.3) is 0 Å². The van der Waals surface area contributed by atoms with Crippen LogP contribution in [0.1, 0.15) is 31.4 Å². The van der Waals surface area contributed by atoms with E-state index in [1.807, 2.05) is 19.4 Å². The number of sulfonamides is 1. The van der Waals surface area contributed by atoms with Gasteiger partial charge in [-0.1, -0.05) is 0 Å². The first kappa shape index (κ1) is 21.1. The minimum Gasteiger partial charge on any atom is -0.370 e. The molecule has 1 unspecified atom stereocenters. The minimum atomic E-state index is -3.08. The molecule has 2 fully saturated rings. The zero-order valence-corrected chi connectivity index (χ0v) is 17.9. The van der Waals surface area contributed by atoms with Crippen LogP contribution >= 0.6 is 0 Å². The molecule has 1 N–H and O–H groups in total. The van der Waals surface area contributed by atoms with Gasteiger partial charge in [0.1, 0.15) is 6.10 Å². The third kappa shape index (κ3) is 5.45. The molecule has 3 heterocycles. The Bertz CT molecular complexity index is 770. The van der Waals surface area contributed by atoms with Gasteiger partial charge >= 0.3 is 0 Å². The number of aliphatic imine (C=N–C) groups is 1. The van der Waals surface area contributed by atoms with Crippen LogP contribution in [0.15, 0.2) is 17.4 Å². The van der Waals surface area contributed by atoms with Gasteiger partial charge in [-0.2, -0.15) is 5.10 Å². The van der Waals surface area contributed by atoms with Crippen LogP contribution in [0.2, 0.25) is 0 Å². The number of nitrogens with zero attached hydrogens (tertiary/aromatic N) is 5. The summed E-state index contributed by atoms with van der Waals surface area (Å²) < 4.78 is 32.6. The van der Waals surface area contributed by atoms with E-state index < -0.39 is 10.0 Å². The lowest BCUT2D eigenvalue weighted by Gasteiger charge is -2.35. The number of nitrogens with one attached hydrogen (secondary N) is 1. The van der Waals surface area contributed by atoms with Gasteiger partial charge in [-0.25, -0.2) is 12.7 Å². The van der Waals surface area contributed by atoms with Crippen LogP contribution in [-0.4, -0.2) is 85.5 Å². The molecule has 0 spiro atoms. The number of morpholine rings is 1. The van der Waals surface area contributed by atoms with E-state index in [9.17, 15) is 8.42 Å². The van der Waals surface area contributed by atoms with Crippen molar-refractivity contribution < 1.29 is 13.2 Å². The largest absolute Gasteiger partial charge is 0.370 e. The molecule has 10 heteroatoms. The van der Waals surface area contributed by atoms with Crippen molar-refractivity contribution in [2.24, 2.45) is 18.0 Å².